The third-order valence-electron chi connectivity index (χ3n) is 2.36. The van der Waals surface area contributed by atoms with E-state index in [0.717, 1.165) is 22.0 Å². The minimum atomic E-state index is -0.939. The topological polar surface area (TPSA) is 26.3 Å². The van der Waals surface area contributed by atoms with Gasteiger partial charge in [-0.25, -0.2) is 0 Å². The molecule has 1 aromatic rings. The van der Waals surface area contributed by atoms with Gasteiger partial charge in [-0.2, -0.15) is 0 Å². The summed E-state index contributed by atoms with van der Waals surface area (Å²) in [7, 11) is -0.939. The van der Waals surface area contributed by atoms with E-state index in [0.29, 0.717) is 5.75 Å². The van der Waals surface area contributed by atoms with Gasteiger partial charge < -0.3 is 4.74 Å². The zero-order valence-electron chi connectivity index (χ0n) is 8.24. The number of benzene rings is 1. The summed E-state index contributed by atoms with van der Waals surface area (Å²) >= 11 is 0. The van der Waals surface area contributed by atoms with Crippen LogP contribution in [0.2, 0.25) is 0 Å². The van der Waals surface area contributed by atoms with E-state index in [9.17, 15) is 4.21 Å². The molecule has 0 aromatic heterocycles. The van der Waals surface area contributed by atoms with Crippen molar-refractivity contribution in [2.75, 3.05) is 0 Å². The largest absolute Gasteiger partial charge is 0.461 e. The van der Waals surface area contributed by atoms with Crippen molar-refractivity contribution in [1.29, 1.82) is 0 Å². The molecule has 1 aliphatic heterocycles. The molecule has 3 heteroatoms. The Morgan fingerprint density at radius 3 is 2.79 bits per heavy atom. The molecule has 0 radical (unpaired) electrons. The first-order chi connectivity index (χ1) is 6.68. The van der Waals surface area contributed by atoms with Crippen LogP contribution in [0.4, 0.5) is 0 Å². The maximum atomic E-state index is 11.8. The highest BCUT2D eigenvalue weighted by atomic mass is 32.2. The minimum absolute atomic E-state index is 0.555. The minimum Gasteiger partial charge on any atom is -0.461 e. The van der Waals surface area contributed by atoms with Crippen LogP contribution in [0.15, 0.2) is 34.9 Å². The third kappa shape index (κ3) is 1.60. The highest BCUT2D eigenvalue weighted by molar-refractivity contribution is 7.88. The van der Waals surface area contributed by atoms with E-state index < -0.39 is 10.8 Å². The molecule has 0 aliphatic carbocycles. The van der Waals surface area contributed by atoms with E-state index in [1.54, 1.807) is 0 Å². The Labute approximate surface area is 86.0 Å². The first kappa shape index (κ1) is 9.46. The number of hydrogen-bond acceptors (Lipinski definition) is 2. The second-order valence-corrected chi connectivity index (χ2v) is 4.90. The van der Waals surface area contributed by atoms with Crippen LogP contribution in [0, 0.1) is 0 Å². The number of ether oxygens (including phenoxy) is 1. The van der Waals surface area contributed by atoms with E-state index in [1.807, 2.05) is 38.1 Å². The molecule has 1 aromatic carbocycles. The molecule has 0 saturated heterocycles. The van der Waals surface area contributed by atoms with Crippen LogP contribution in [0.5, 0.6) is 5.75 Å². The van der Waals surface area contributed by atoms with Gasteiger partial charge in [0.1, 0.15) is 11.5 Å². The number of allylic oxidation sites excluding steroid dienone is 2. The molecule has 0 spiro atoms. The molecule has 1 atom stereocenters. The summed E-state index contributed by atoms with van der Waals surface area (Å²) in [6.45, 7) is 3.71. The second-order valence-electron chi connectivity index (χ2n) is 3.31. The average molecular weight is 208 g/mol. The first-order valence-electron chi connectivity index (χ1n) is 4.50. The Kier molecular flexibility index (Phi) is 2.42. The highest BCUT2D eigenvalue weighted by Crippen LogP contribution is 2.28. The molecule has 0 saturated carbocycles. The predicted octanol–water partition coefficient (Wildman–Crippen LogP) is 2.58. The summed E-state index contributed by atoms with van der Waals surface area (Å²) in [5.41, 5.74) is 1.02. The normalized spacial score (nSPS) is 21.1. The molecule has 0 amide bonds. The van der Waals surface area contributed by atoms with Crippen LogP contribution in [-0.2, 0) is 16.6 Å². The van der Waals surface area contributed by atoms with E-state index in [1.165, 1.54) is 0 Å². The smallest absolute Gasteiger partial charge is 0.131 e. The SMILES string of the molecule is CC1=C(C)S(=O)Cc2ccccc2O1. The first-order valence-corrected chi connectivity index (χ1v) is 5.82. The van der Waals surface area contributed by atoms with Crippen LogP contribution >= 0.6 is 0 Å². The summed E-state index contributed by atoms with van der Waals surface area (Å²) in [5.74, 6) is 2.14. The quantitative estimate of drug-likeness (QED) is 0.655. The average Bonchev–Trinajstić information content (AvgIpc) is 2.28. The molecule has 1 heterocycles. The predicted molar refractivity (Wildman–Crippen MR) is 57.3 cm³/mol. The lowest BCUT2D eigenvalue weighted by molar-refractivity contribution is 0.423. The Morgan fingerprint density at radius 1 is 1.29 bits per heavy atom. The van der Waals surface area contributed by atoms with Crippen molar-refractivity contribution in [2.24, 2.45) is 0 Å². The third-order valence-corrected chi connectivity index (χ3v) is 3.90. The summed E-state index contributed by atoms with van der Waals surface area (Å²) in [5, 5.41) is 0. The number of hydrogen-bond donors (Lipinski definition) is 0. The Hall–Kier alpha value is -1.09. The second kappa shape index (κ2) is 3.58. The van der Waals surface area contributed by atoms with E-state index in [-0.39, 0.29) is 0 Å². The summed E-state index contributed by atoms with van der Waals surface area (Å²) in [4.78, 5) is 0.834. The molecule has 1 aliphatic rings. The maximum absolute atomic E-state index is 11.8. The van der Waals surface area contributed by atoms with Gasteiger partial charge in [-0.05, 0) is 19.9 Å². The van der Waals surface area contributed by atoms with Crippen molar-refractivity contribution < 1.29 is 8.95 Å². The summed E-state index contributed by atoms with van der Waals surface area (Å²) in [6.07, 6.45) is 0. The van der Waals surface area contributed by atoms with Gasteiger partial charge in [0.25, 0.3) is 0 Å². The van der Waals surface area contributed by atoms with Gasteiger partial charge in [-0.3, -0.25) is 4.21 Å². The number of para-hydroxylation sites is 1. The van der Waals surface area contributed by atoms with Gasteiger partial charge in [-0.15, -0.1) is 0 Å². The zero-order valence-corrected chi connectivity index (χ0v) is 9.06. The Bertz CT molecular complexity index is 421. The molecule has 0 bridgehead atoms. The fraction of sp³-hybridized carbons (Fsp3) is 0.273. The monoisotopic (exact) mass is 208 g/mol. The molecule has 2 nitrogen and oxygen atoms in total. The van der Waals surface area contributed by atoms with E-state index in [4.69, 9.17) is 4.74 Å². The van der Waals surface area contributed by atoms with Crippen LogP contribution in [0.3, 0.4) is 0 Å². The van der Waals surface area contributed by atoms with Crippen molar-refractivity contribution in [2.45, 2.75) is 19.6 Å². The Morgan fingerprint density at radius 2 is 2.00 bits per heavy atom. The van der Waals surface area contributed by atoms with Crippen molar-refractivity contribution in [3.05, 3.63) is 40.5 Å². The zero-order chi connectivity index (χ0) is 10.1. The van der Waals surface area contributed by atoms with E-state index in [2.05, 4.69) is 0 Å². The van der Waals surface area contributed by atoms with Crippen LogP contribution < -0.4 is 4.74 Å². The number of rotatable bonds is 0. The highest BCUT2D eigenvalue weighted by Gasteiger charge is 2.16. The fourth-order valence-corrected chi connectivity index (χ4v) is 2.47. The standard InChI is InChI=1S/C11H12O2S/c1-8-9(2)14(12)7-10-5-3-4-6-11(10)13-8/h3-6H,7H2,1-2H3. The Balaban J connectivity index is 2.50. The van der Waals surface area contributed by atoms with E-state index >= 15 is 0 Å². The van der Waals surface area contributed by atoms with Crippen LogP contribution in [0.25, 0.3) is 0 Å². The molecule has 74 valence electrons. The van der Waals surface area contributed by atoms with Gasteiger partial charge in [0.05, 0.1) is 21.5 Å². The van der Waals surface area contributed by atoms with Gasteiger partial charge in [0.2, 0.25) is 0 Å². The van der Waals surface area contributed by atoms with Gasteiger partial charge in [0, 0.05) is 5.56 Å². The molecule has 2 rings (SSSR count). The number of fused-ring (bicyclic) bond motifs is 1. The molecule has 0 N–H and O–H groups in total. The molecule has 0 fully saturated rings. The molecular formula is C11H12O2S. The van der Waals surface area contributed by atoms with Crippen LogP contribution in [-0.4, -0.2) is 4.21 Å². The lowest BCUT2D eigenvalue weighted by atomic mass is 10.2. The molecular weight excluding hydrogens is 196 g/mol. The van der Waals surface area contributed by atoms with Gasteiger partial charge in [-0.1, -0.05) is 18.2 Å². The molecule has 14 heavy (non-hydrogen) atoms. The lowest BCUT2D eigenvalue weighted by Gasteiger charge is -2.06. The maximum Gasteiger partial charge on any atom is 0.131 e. The van der Waals surface area contributed by atoms with Crippen LogP contribution in [0.1, 0.15) is 19.4 Å². The van der Waals surface area contributed by atoms with Crippen molar-refractivity contribution >= 4 is 10.8 Å². The van der Waals surface area contributed by atoms with Crippen molar-refractivity contribution in [3.63, 3.8) is 0 Å². The lowest BCUT2D eigenvalue weighted by Crippen LogP contribution is -1.96. The van der Waals surface area contributed by atoms with Crippen molar-refractivity contribution in [3.8, 4) is 5.75 Å². The summed E-state index contributed by atoms with van der Waals surface area (Å²) < 4.78 is 17.4. The fourth-order valence-electron chi connectivity index (χ4n) is 1.37. The van der Waals surface area contributed by atoms with Gasteiger partial charge in [0.15, 0.2) is 0 Å². The van der Waals surface area contributed by atoms with Crippen molar-refractivity contribution in [1.82, 2.24) is 0 Å². The summed E-state index contributed by atoms with van der Waals surface area (Å²) in [6, 6.07) is 7.73. The molecule has 1 unspecified atom stereocenters. The van der Waals surface area contributed by atoms with Gasteiger partial charge >= 0.3 is 0 Å².